The minimum absolute atomic E-state index is 0.506. The average Bonchev–Trinajstić information content (AvgIpc) is 3.11. The van der Waals surface area contributed by atoms with Gasteiger partial charge in [0.1, 0.15) is 17.5 Å². The first-order valence-corrected chi connectivity index (χ1v) is 6.47. The Balaban J connectivity index is 1.81. The van der Waals surface area contributed by atoms with Crippen LogP contribution >= 0.6 is 0 Å². The highest BCUT2D eigenvalue weighted by molar-refractivity contribution is 5.08. The molecule has 0 saturated carbocycles. The van der Waals surface area contributed by atoms with Gasteiger partial charge in [0, 0.05) is 62.0 Å². The van der Waals surface area contributed by atoms with Crippen molar-refractivity contribution < 1.29 is 0 Å². The van der Waals surface area contributed by atoms with E-state index in [4.69, 9.17) is 5.73 Å². The molecule has 5 N–H and O–H groups in total. The quantitative estimate of drug-likeness (QED) is 0.525. The molecule has 0 aliphatic carbocycles. The lowest BCUT2D eigenvalue weighted by molar-refractivity contribution is 0.393. The maximum atomic E-state index is 6.59. The van der Waals surface area contributed by atoms with Gasteiger partial charge in [0.05, 0.1) is 0 Å². The molecule has 0 radical (unpaired) electrons. The van der Waals surface area contributed by atoms with Crippen LogP contribution in [0.25, 0.3) is 0 Å². The molecule has 3 heterocycles. The van der Waals surface area contributed by atoms with E-state index in [1.807, 2.05) is 0 Å². The van der Waals surface area contributed by atoms with Crippen molar-refractivity contribution in [2.45, 2.75) is 24.8 Å². The number of rotatable bonds is 6. The topological polar surface area (TPSA) is 112 Å². The van der Waals surface area contributed by atoms with E-state index in [2.05, 4.69) is 29.9 Å². The van der Waals surface area contributed by atoms with Crippen LogP contribution in [0.3, 0.4) is 0 Å². The zero-order chi connectivity index (χ0) is 13.8. The number of hydrogen-bond donors (Lipinski definition) is 4. The van der Waals surface area contributed by atoms with Crippen LogP contribution in [-0.4, -0.2) is 35.4 Å². The number of imidazole rings is 3. The van der Waals surface area contributed by atoms with Crippen molar-refractivity contribution in [1.82, 2.24) is 29.9 Å². The molecular weight excluding hydrogens is 254 g/mol. The molecule has 7 nitrogen and oxygen atoms in total. The van der Waals surface area contributed by atoms with E-state index < -0.39 is 5.54 Å². The number of hydrogen-bond acceptors (Lipinski definition) is 4. The zero-order valence-corrected chi connectivity index (χ0v) is 11.0. The number of nitrogens with one attached hydrogen (secondary N) is 3. The highest BCUT2D eigenvalue weighted by Gasteiger charge is 2.29. The Labute approximate surface area is 116 Å². The largest absolute Gasteiger partial charge is 0.349 e. The Morgan fingerprint density at radius 1 is 0.750 bits per heavy atom. The van der Waals surface area contributed by atoms with Gasteiger partial charge in [-0.2, -0.15) is 0 Å². The summed E-state index contributed by atoms with van der Waals surface area (Å²) in [6.45, 7) is 0. The molecule has 0 aliphatic heterocycles. The van der Waals surface area contributed by atoms with Gasteiger partial charge in [-0.05, 0) is 0 Å². The Kier molecular flexibility index (Phi) is 3.34. The van der Waals surface area contributed by atoms with E-state index in [9.17, 15) is 0 Å². The predicted molar refractivity (Wildman–Crippen MR) is 73.8 cm³/mol. The van der Waals surface area contributed by atoms with Crippen LogP contribution in [-0.2, 0) is 19.3 Å². The standard InChI is InChI=1S/C13H17N7/c14-13(7-10-15-1-2-16-10,8-11-17-3-4-18-11)9-12-19-5-6-20-12/h1-6H,7-9,14H2,(H,15,16)(H,17,18)(H,19,20). The van der Waals surface area contributed by atoms with E-state index >= 15 is 0 Å². The van der Waals surface area contributed by atoms with Crippen molar-refractivity contribution in [3.8, 4) is 0 Å². The Bertz CT molecular complexity index is 521. The summed E-state index contributed by atoms with van der Waals surface area (Å²) in [5.41, 5.74) is 6.09. The van der Waals surface area contributed by atoms with Crippen molar-refractivity contribution in [3.05, 3.63) is 54.7 Å². The van der Waals surface area contributed by atoms with Crippen molar-refractivity contribution >= 4 is 0 Å². The number of aromatic nitrogens is 6. The van der Waals surface area contributed by atoms with Crippen LogP contribution < -0.4 is 5.73 Å². The van der Waals surface area contributed by atoms with E-state index in [1.165, 1.54) is 0 Å². The molecule has 0 bridgehead atoms. The molecule has 7 heteroatoms. The lowest BCUT2D eigenvalue weighted by atomic mass is 9.87. The smallest absolute Gasteiger partial charge is 0.107 e. The van der Waals surface area contributed by atoms with Gasteiger partial charge in [0.25, 0.3) is 0 Å². The summed E-state index contributed by atoms with van der Waals surface area (Å²) < 4.78 is 0. The van der Waals surface area contributed by atoms with Crippen molar-refractivity contribution in [3.63, 3.8) is 0 Å². The highest BCUT2D eigenvalue weighted by Crippen LogP contribution is 2.17. The third-order valence-corrected chi connectivity index (χ3v) is 3.22. The second-order valence-corrected chi connectivity index (χ2v) is 5.00. The molecule has 0 aromatic carbocycles. The molecule has 0 spiro atoms. The van der Waals surface area contributed by atoms with Gasteiger partial charge in [0.15, 0.2) is 0 Å². The van der Waals surface area contributed by atoms with Gasteiger partial charge in [-0.1, -0.05) is 0 Å². The molecule has 0 fully saturated rings. The van der Waals surface area contributed by atoms with E-state index in [1.54, 1.807) is 37.2 Å². The lowest BCUT2D eigenvalue weighted by Crippen LogP contribution is -2.47. The first-order chi connectivity index (χ1) is 9.73. The maximum Gasteiger partial charge on any atom is 0.107 e. The number of H-pyrrole nitrogens is 3. The summed E-state index contributed by atoms with van der Waals surface area (Å²) in [6.07, 6.45) is 12.5. The second-order valence-electron chi connectivity index (χ2n) is 5.00. The third kappa shape index (κ3) is 2.94. The van der Waals surface area contributed by atoms with Crippen LogP contribution in [0, 0.1) is 0 Å². The van der Waals surface area contributed by atoms with Gasteiger partial charge >= 0.3 is 0 Å². The second kappa shape index (κ2) is 5.30. The van der Waals surface area contributed by atoms with Crippen molar-refractivity contribution in [2.75, 3.05) is 0 Å². The average molecular weight is 271 g/mol. The fourth-order valence-corrected chi connectivity index (χ4v) is 2.37. The van der Waals surface area contributed by atoms with Gasteiger partial charge in [-0.25, -0.2) is 15.0 Å². The minimum atomic E-state index is -0.506. The summed E-state index contributed by atoms with van der Waals surface area (Å²) in [7, 11) is 0. The first kappa shape index (κ1) is 12.6. The summed E-state index contributed by atoms with van der Waals surface area (Å²) in [6, 6.07) is 0. The van der Waals surface area contributed by atoms with Crippen LogP contribution in [0.1, 0.15) is 17.5 Å². The van der Waals surface area contributed by atoms with Crippen molar-refractivity contribution in [2.24, 2.45) is 5.73 Å². The molecule has 104 valence electrons. The van der Waals surface area contributed by atoms with Crippen LogP contribution in [0.15, 0.2) is 37.2 Å². The van der Waals surface area contributed by atoms with Crippen LogP contribution in [0.2, 0.25) is 0 Å². The molecule has 3 rings (SSSR count). The fourth-order valence-electron chi connectivity index (χ4n) is 2.37. The highest BCUT2D eigenvalue weighted by atomic mass is 15.0. The SMILES string of the molecule is NC(Cc1ncc[nH]1)(Cc1ncc[nH]1)Cc1ncc[nH]1. The zero-order valence-electron chi connectivity index (χ0n) is 11.0. The first-order valence-electron chi connectivity index (χ1n) is 6.47. The predicted octanol–water partition coefficient (Wildman–Crippen LogP) is 0.581. The molecule has 0 aliphatic rings. The van der Waals surface area contributed by atoms with Gasteiger partial charge in [0.2, 0.25) is 0 Å². The van der Waals surface area contributed by atoms with Crippen LogP contribution in [0.5, 0.6) is 0 Å². The Morgan fingerprint density at radius 3 is 1.35 bits per heavy atom. The molecule has 0 amide bonds. The molecule has 3 aromatic heterocycles. The van der Waals surface area contributed by atoms with E-state index in [-0.39, 0.29) is 0 Å². The normalized spacial score (nSPS) is 11.8. The summed E-state index contributed by atoms with van der Waals surface area (Å²) in [4.78, 5) is 22.1. The minimum Gasteiger partial charge on any atom is -0.349 e. The molecule has 0 atom stereocenters. The maximum absolute atomic E-state index is 6.59. The monoisotopic (exact) mass is 271 g/mol. The van der Waals surface area contributed by atoms with E-state index in [0.717, 1.165) is 17.5 Å². The van der Waals surface area contributed by atoms with Crippen LogP contribution in [0.4, 0.5) is 0 Å². The third-order valence-electron chi connectivity index (χ3n) is 3.22. The Hall–Kier alpha value is -2.41. The molecule has 3 aromatic rings. The molecule has 0 saturated heterocycles. The van der Waals surface area contributed by atoms with Gasteiger partial charge in [-0.15, -0.1) is 0 Å². The molecular formula is C13H17N7. The van der Waals surface area contributed by atoms with Crippen molar-refractivity contribution in [1.29, 1.82) is 0 Å². The molecule has 20 heavy (non-hydrogen) atoms. The van der Waals surface area contributed by atoms with Gasteiger partial charge < -0.3 is 20.7 Å². The number of aromatic amines is 3. The summed E-state index contributed by atoms with van der Waals surface area (Å²) in [5.74, 6) is 2.60. The van der Waals surface area contributed by atoms with Gasteiger partial charge in [-0.3, -0.25) is 0 Å². The summed E-state index contributed by atoms with van der Waals surface area (Å²) in [5, 5.41) is 0. The fraction of sp³-hybridized carbons (Fsp3) is 0.308. The summed E-state index contributed by atoms with van der Waals surface area (Å²) >= 11 is 0. The molecule has 0 unspecified atom stereocenters. The Morgan fingerprint density at radius 2 is 1.10 bits per heavy atom. The van der Waals surface area contributed by atoms with E-state index in [0.29, 0.717) is 19.3 Å². The number of nitrogens with zero attached hydrogens (tertiary/aromatic N) is 3. The lowest BCUT2D eigenvalue weighted by Gasteiger charge is -2.27. The number of nitrogens with two attached hydrogens (primary N) is 1.